The number of aryl methyl sites for hydroxylation is 2. The van der Waals surface area contributed by atoms with Gasteiger partial charge in [-0.15, -0.1) is 12.4 Å². The van der Waals surface area contributed by atoms with Crippen LogP contribution in [0.1, 0.15) is 34.3 Å². The number of nitrogens with one attached hydrogen (secondary N) is 3. The Morgan fingerprint density at radius 2 is 1.71 bits per heavy atom. The third-order valence-electron chi connectivity index (χ3n) is 4.83. The van der Waals surface area contributed by atoms with E-state index >= 15 is 0 Å². The Hall–Kier alpha value is -2.09. The maximum Gasteiger partial charge on any atom is 0.261 e. The predicted octanol–water partition coefficient (Wildman–Crippen LogP) is 3.01. The van der Waals surface area contributed by atoms with Crippen molar-refractivity contribution in [2.45, 2.75) is 37.6 Å². The Labute approximate surface area is 172 Å². The lowest BCUT2D eigenvalue weighted by atomic mass is 10.0. The Balaban J connectivity index is 0.00000280. The fraction of sp³-hybridized carbons (Fsp3) is 0.350. The Morgan fingerprint density at radius 3 is 2.39 bits per heavy atom. The topological polar surface area (TPSA) is 87.3 Å². The number of piperidine rings is 1. The number of carbonyl (C=O) groups excluding carboxylic acids is 1. The zero-order chi connectivity index (χ0) is 19.4. The number of amides is 1. The summed E-state index contributed by atoms with van der Waals surface area (Å²) in [7, 11) is -3.78. The molecule has 1 amide bonds. The van der Waals surface area contributed by atoms with E-state index in [1.165, 1.54) is 12.1 Å². The number of sulfonamides is 1. The zero-order valence-corrected chi connectivity index (χ0v) is 17.6. The molecular weight excluding hydrogens is 398 g/mol. The van der Waals surface area contributed by atoms with Crippen LogP contribution in [-0.2, 0) is 10.0 Å². The second-order valence-corrected chi connectivity index (χ2v) is 8.58. The minimum atomic E-state index is -3.78. The molecule has 8 heteroatoms. The number of carbonyl (C=O) groups is 1. The smallest absolute Gasteiger partial charge is 0.261 e. The van der Waals surface area contributed by atoms with Gasteiger partial charge >= 0.3 is 0 Å². The minimum Gasteiger partial charge on any atom is -0.349 e. The molecule has 1 aliphatic heterocycles. The average Bonchev–Trinajstić information content (AvgIpc) is 2.64. The molecule has 1 aliphatic rings. The summed E-state index contributed by atoms with van der Waals surface area (Å²) in [6, 6.07) is 11.9. The third-order valence-corrected chi connectivity index (χ3v) is 6.19. The number of halogens is 1. The van der Waals surface area contributed by atoms with Crippen LogP contribution in [0.15, 0.2) is 47.4 Å². The van der Waals surface area contributed by atoms with Crippen LogP contribution in [0.25, 0.3) is 0 Å². The summed E-state index contributed by atoms with van der Waals surface area (Å²) in [4.78, 5) is 12.8. The van der Waals surface area contributed by atoms with E-state index in [2.05, 4.69) is 15.4 Å². The zero-order valence-electron chi connectivity index (χ0n) is 16.0. The van der Waals surface area contributed by atoms with Crippen molar-refractivity contribution in [2.75, 3.05) is 17.8 Å². The van der Waals surface area contributed by atoms with Gasteiger partial charge in [0.1, 0.15) is 0 Å². The molecule has 0 saturated carbocycles. The lowest BCUT2D eigenvalue weighted by Crippen LogP contribution is -2.42. The van der Waals surface area contributed by atoms with Gasteiger partial charge in [0.15, 0.2) is 0 Å². The molecule has 2 aromatic rings. The quantitative estimate of drug-likeness (QED) is 0.689. The van der Waals surface area contributed by atoms with Crippen LogP contribution in [0.3, 0.4) is 0 Å². The number of rotatable bonds is 5. The Bertz CT molecular complexity index is 941. The fourth-order valence-corrected chi connectivity index (χ4v) is 4.29. The standard InChI is InChI=1S/C20H25N3O3S.ClH/c1-14-7-8-17(27(25,26)23-19-6-4-3-5-15(19)2)13-18(14)20(24)22-16-9-11-21-12-10-16;/h3-8,13,16,21,23H,9-12H2,1-2H3,(H,22,24);1H. The van der Waals surface area contributed by atoms with E-state index in [-0.39, 0.29) is 29.3 Å². The molecule has 3 rings (SSSR count). The lowest BCUT2D eigenvalue weighted by Gasteiger charge is -2.24. The second kappa shape index (κ2) is 9.41. The van der Waals surface area contributed by atoms with Gasteiger partial charge in [-0.3, -0.25) is 9.52 Å². The highest BCUT2D eigenvalue weighted by atomic mass is 35.5. The molecule has 2 aromatic carbocycles. The highest BCUT2D eigenvalue weighted by Crippen LogP contribution is 2.21. The molecule has 6 nitrogen and oxygen atoms in total. The summed E-state index contributed by atoms with van der Waals surface area (Å²) < 4.78 is 28.2. The van der Waals surface area contributed by atoms with Crippen molar-refractivity contribution in [2.24, 2.45) is 0 Å². The van der Waals surface area contributed by atoms with Gasteiger partial charge in [0.2, 0.25) is 0 Å². The molecule has 3 N–H and O–H groups in total. The monoisotopic (exact) mass is 423 g/mol. The molecule has 1 saturated heterocycles. The number of hydrogen-bond donors (Lipinski definition) is 3. The molecule has 28 heavy (non-hydrogen) atoms. The van der Waals surface area contributed by atoms with E-state index in [1.54, 1.807) is 18.2 Å². The van der Waals surface area contributed by atoms with Gasteiger partial charge in [-0.1, -0.05) is 24.3 Å². The SMILES string of the molecule is Cc1ccccc1NS(=O)(=O)c1ccc(C)c(C(=O)NC2CCNCC2)c1.Cl. The van der Waals surface area contributed by atoms with Crippen LogP contribution in [0.5, 0.6) is 0 Å². The van der Waals surface area contributed by atoms with Gasteiger partial charge in [0.05, 0.1) is 10.6 Å². The fourth-order valence-electron chi connectivity index (χ4n) is 3.13. The molecule has 152 valence electrons. The molecule has 0 bridgehead atoms. The summed E-state index contributed by atoms with van der Waals surface area (Å²) in [5.41, 5.74) is 2.49. The molecule has 1 heterocycles. The number of benzene rings is 2. The first kappa shape index (κ1) is 22.2. The van der Waals surface area contributed by atoms with Gasteiger partial charge < -0.3 is 10.6 Å². The lowest BCUT2D eigenvalue weighted by molar-refractivity contribution is 0.0928. The van der Waals surface area contributed by atoms with Crippen LogP contribution < -0.4 is 15.4 Å². The largest absolute Gasteiger partial charge is 0.349 e. The van der Waals surface area contributed by atoms with Crippen LogP contribution in [0.4, 0.5) is 5.69 Å². The van der Waals surface area contributed by atoms with Crippen molar-refractivity contribution in [1.82, 2.24) is 10.6 Å². The van der Waals surface area contributed by atoms with Gasteiger partial charge in [-0.2, -0.15) is 0 Å². The van der Waals surface area contributed by atoms with Gasteiger partial charge in [0, 0.05) is 11.6 Å². The number of hydrogen-bond acceptors (Lipinski definition) is 4. The van der Waals surface area contributed by atoms with E-state index in [4.69, 9.17) is 0 Å². The first-order valence-electron chi connectivity index (χ1n) is 9.07. The van der Waals surface area contributed by atoms with Crippen LogP contribution in [-0.4, -0.2) is 33.5 Å². The first-order valence-corrected chi connectivity index (χ1v) is 10.6. The van der Waals surface area contributed by atoms with E-state index in [1.807, 2.05) is 26.0 Å². The average molecular weight is 424 g/mol. The normalized spacial score (nSPS) is 14.8. The Morgan fingerprint density at radius 1 is 1.04 bits per heavy atom. The molecule has 0 unspecified atom stereocenters. The second-order valence-electron chi connectivity index (χ2n) is 6.89. The van der Waals surface area contributed by atoms with Crippen LogP contribution in [0, 0.1) is 13.8 Å². The molecule has 0 radical (unpaired) electrons. The highest BCUT2D eigenvalue weighted by Gasteiger charge is 2.21. The molecular formula is C20H26ClN3O3S. The molecule has 0 atom stereocenters. The van der Waals surface area contributed by atoms with E-state index in [0.717, 1.165) is 37.1 Å². The highest BCUT2D eigenvalue weighted by molar-refractivity contribution is 7.92. The van der Waals surface area contributed by atoms with Crippen molar-refractivity contribution < 1.29 is 13.2 Å². The van der Waals surface area contributed by atoms with Crippen molar-refractivity contribution in [1.29, 1.82) is 0 Å². The molecule has 0 aliphatic carbocycles. The van der Waals surface area contributed by atoms with Gasteiger partial charge in [0.25, 0.3) is 15.9 Å². The summed E-state index contributed by atoms with van der Waals surface area (Å²) in [6.07, 6.45) is 1.75. The van der Waals surface area contributed by atoms with Crippen molar-refractivity contribution in [3.63, 3.8) is 0 Å². The van der Waals surface area contributed by atoms with Crippen LogP contribution >= 0.6 is 12.4 Å². The minimum absolute atomic E-state index is 0. The van der Waals surface area contributed by atoms with Gasteiger partial charge in [-0.25, -0.2) is 8.42 Å². The van der Waals surface area contributed by atoms with E-state index in [9.17, 15) is 13.2 Å². The maximum absolute atomic E-state index is 12.8. The summed E-state index contributed by atoms with van der Waals surface area (Å²) >= 11 is 0. The summed E-state index contributed by atoms with van der Waals surface area (Å²) in [5.74, 6) is -0.229. The van der Waals surface area contributed by atoms with Crippen molar-refractivity contribution in [3.8, 4) is 0 Å². The molecule has 0 spiro atoms. The molecule has 0 aromatic heterocycles. The van der Waals surface area contributed by atoms with E-state index in [0.29, 0.717) is 11.3 Å². The summed E-state index contributed by atoms with van der Waals surface area (Å²) in [6.45, 7) is 5.39. The van der Waals surface area contributed by atoms with Crippen LogP contribution in [0.2, 0.25) is 0 Å². The maximum atomic E-state index is 12.8. The molecule has 1 fully saturated rings. The van der Waals surface area contributed by atoms with E-state index < -0.39 is 10.0 Å². The van der Waals surface area contributed by atoms with Gasteiger partial charge in [-0.05, 0) is 69.1 Å². The number of para-hydroxylation sites is 1. The summed E-state index contributed by atoms with van der Waals surface area (Å²) in [5, 5.41) is 6.28. The van der Waals surface area contributed by atoms with Crippen molar-refractivity contribution in [3.05, 3.63) is 59.2 Å². The van der Waals surface area contributed by atoms with Crippen molar-refractivity contribution >= 4 is 34.0 Å². The third kappa shape index (κ3) is 5.25. The Kier molecular flexibility index (Phi) is 7.46. The number of anilines is 1. The predicted molar refractivity (Wildman–Crippen MR) is 114 cm³/mol. The first-order chi connectivity index (χ1) is 12.9.